The Morgan fingerprint density at radius 3 is 2.18 bits per heavy atom. The molecule has 0 radical (unpaired) electrons. The molecule has 0 saturated heterocycles. The lowest BCUT2D eigenvalue weighted by Gasteiger charge is -2.15. The van der Waals surface area contributed by atoms with Gasteiger partial charge in [0.15, 0.2) is 15.6 Å². The minimum atomic E-state index is -5.31. The van der Waals surface area contributed by atoms with Crippen molar-refractivity contribution in [3.63, 3.8) is 0 Å². The van der Waals surface area contributed by atoms with Crippen LogP contribution < -0.4 is 10.6 Å². The van der Waals surface area contributed by atoms with E-state index < -0.39 is 124 Å². The number of nitro benzene ring substituents is 1. The van der Waals surface area contributed by atoms with Crippen LogP contribution in [0.5, 0.6) is 11.5 Å². The van der Waals surface area contributed by atoms with Crippen LogP contribution in [0.2, 0.25) is 5.28 Å². The van der Waals surface area contributed by atoms with Crippen molar-refractivity contribution >= 4 is 97.5 Å². The van der Waals surface area contributed by atoms with E-state index in [0.29, 0.717) is 6.07 Å². The number of nitrogens with one attached hydrogen (secondary N) is 2. The number of hydrogen-bond acceptors (Lipinski definition) is 20. The summed E-state index contributed by atoms with van der Waals surface area (Å²) in [5.74, 6) is -3.35. The van der Waals surface area contributed by atoms with Crippen LogP contribution in [0.15, 0.2) is 79.2 Å². The zero-order valence-corrected chi connectivity index (χ0v) is 32.0. The first-order valence-corrected chi connectivity index (χ1v) is 20.9. The van der Waals surface area contributed by atoms with Gasteiger partial charge in [0.25, 0.3) is 25.9 Å². The Balaban J connectivity index is 1.80. The molecule has 4 rings (SSSR count). The lowest BCUT2D eigenvalue weighted by Crippen LogP contribution is -2.15. The number of sulfone groups is 1. The number of nitro groups is 1. The topological polar surface area (TPSA) is 378 Å². The zero-order valence-electron chi connectivity index (χ0n) is 28.0. The van der Waals surface area contributed by atoms with E-state index in [1.807, 2.05) is 0 Å². The van der Waals surface area contributed by atoms with E-state index in [9.17, 15) is 63.1 Å². The molecule has 24 nitrogen and oxygen atoms in total. The third-order valence-electron chi connectivity index (χ3n) is 6.93. The summed E-state index contributed by atoms with van der Waals surface area (Å²) in [6, 6.07) is 4.68. The van der Waals surface area contributed by atoms with Gasteiger partial charge in [0.2, 0.25) is 17.2 Å². The molecule has 0 spiro atoms. The fourth-order valence-electron chi connectivity index (χ4n) is 4.37. The molecule has 3 aromatic carbocycles. The highest BCUT2D eigenvalue weighted by molar-refractivity contribution is 7.95. The Hall–Kier alpha value is -5.46. The fourth-order valence-corrected chi connectivity index (χ4v) is 7.03. The van der Waals surface area contributed by atoms with Crippen LogP contribution in [-0.2, 0) is 44.7 Å². The summed E-state index contributed by atoms with van der Waals surface area (Å²) in [4.78, 5) is 19.9. The van der Waals surface area contributed by atoms with Gasteiger partial charge in [0, 0.05) is 28.1 Å². The monoisotopic (exact) mass is 880 g/mol. The molecule has 4 aromatic rings. The van der Waals surface area contributed by atoms with Crippen molar-refractivity contribution in [1.29, 1.82) is 0 Å². The first-order chi connectivity index (χ1) is 25.7. The molecule has 0 amide bonds. The summed E-state index contributed by atoms with van der Waals surface area (Å²) in [6.45, 7) is 1.77. The standard InChI is InChI=1S/C27H25ClN8O16S4/c1-13(3-4-14(2)53(41,42)8-7-52-56(49,50)51)29-26-31-25(28)32-27(33-26)30-19-12-17(54(43,44)45)9-15-10-21(55(46,47)48)23(24(38)22(15)19)35-34-18-11-16(36(39)40)5-6-20(18)37/h3-6,9-12,37-38H,7-8H2,1-2H3,(H,43,44,45)(H,46,47,48)(H,49,50,51)(H2,29,30,31,32,33)/b13-3+,14-4+,35-34+. The predicted molar refractivity (Wildman–Crippen MR) is 195 cm³/mol. The van der Waals surface area contributed by atoms with Gasteiger partial charge in [0.1, 0.15) is 22.0 Å². The van der Waals surface area contributed by atoms with Crippen LogP contribution in [0.1, 0.15) is 13.8 Å². The van der Waals surface area contributed by atoms with E-state index >= 15 is 0 Å². The Bertz CT molecular complexity index is 2820. The fraction of sp³-hybridized carbons (Fsp3) is 0.148. The van der Waals surface area contributed by atoms with Gasteiger partial charge in [-0.05, 0) is 67.3 Å². The van der Waals surface area contributed by atoms with Crippen molar-refractivity contribution in [2.45, 2.75) is 23.6 Å². The number of allylic oxidation sites excluding steroid dienone is 4. The Labute approximate surface area is 320 Å². The number of azo groups is 1. The molecule has 0 unspecified atom stereocenters. The van der Waals surface area contributed by atoms with Gasteiger partial charge in [-0.2, -0.15) is 40.2 Å². The van der Waals surface area contributed by atoms with E-state index in [-0.39, 0.29) is 16.6 Å². The van der Waals surface area contributed by atoms with Crippen molar-refractivity contribution in [1.82, 2.24) is 15.0 Å². The molecule has 0 bridgehead atoms. The number of anilines is 3. The largest absolute Gasteiger partial charge is 0.506 e. The summed E-state index contributed by atoms with van der Waals surface area (Å²) >= 11 is 6.06. The Kier molecular flexibility index (Phi) is 12.6. The molecule has 0 aliphatic heterocycles. The minimum absolute atomic E-state index is 0.181. The quantitative estimate of drug-likeness (QED) is 0.0290. The van der Waals surface area contributed by atoms with Gasteiger partial charge in [0.05, 0.1) is 27.9 Å². The maximum atomic E-state index is 12.4. The summed E-state index contributed by atoms with van der Waals surface area (Å²) < 4.78 is 128. The number of benzene rings is 3. The molecule has 1 aromatic heterocycles. The summed E-state index contributed by atoms with van der Waals surface area (Å²) in [5.41, 5.74) is -2.41. The van der Waals surface area contributed by atoms with Crippen molar-refractivity contribution in [2.75, 3.05) is 23.0 Å². The summed E-state index contributed by atoms with van der Waals surface area (Å²) in [7, 11) is -19.3. The number of fused-ring (bicyclic) bond motifs is 1. The van der Waals surface area contributed by atoms with Gasteiger partial charge in [-0.15, -0.1) is 10.2 Å². The number of phenols is 2. The number of hydrogen-bond donors (Lipinski definition) is 7. The summed E-state index contributed by atoms with van der Waals surface area (Å²) in [5, 5.41) is 43.7. The van der Waals surface area contributed by atoms with Crippen molar-refractivity contribution in [3.05, 3.63) is 74.6 Å². The molecular formula is C27H25ClN8O16S4. The van der Waals surface area contributed by atoms with Gasteiger partial charge >= 0.3 is 10.4 Å². The molecule has 0 atom stereocenters. The molecule has 0 aliphatic carbocycles. The number of rotatable bonds is 15. The lowest BCUT2D eigenvalue weighted by atomic mass is 10.1. The molecular weight excluding hydrogens is 856 g/mol. The maximum Gasteiger partial charge on any atom is 0.397 e. The third-order valence-corrected chi connectivity index (χ3v) is 11.1. The molecule has 1 heterocycles. The van der Waals surface area contributed by atoms with Crippen LogP contribution in [0, 0.1) is 10.1 Å². The van der Waals surface area contributed by atoms with Crippen LogP contribution in [0.4, 0.5) is 34.6 Å². The highest BCUT2D eigenvalue weighted by Gasteiger charge is 2.26. The molecule has 0 fully saturated rings. The van der Waals surface area contributed by atoms with Crippen LogP contribution >= 0.6 is 11.6 Å². The first-order valence-electron chi connectivity index (χ1n) is 14.6. The number of phenolic OH excluding ortho intramolecular Hbond substituents is 2. The van der Waals surface area contributed by atoms with Crippen molar-refractivity contribution in [2.24, 2.45) is 10.2 Å². The molecule has 29 heteroatoms. The van der Waals surface area contributed by atoms with Gasteiger partial charge < -0.3 is 20.8 Å². The average molecular weight is 881 g/mol. The van der Waals surface area contributed by atoms with E-state index in [4.69, 9.17) is 16.2 Å². The van der Waals surface area contributed by atoms with E-state index in [0.717, 1.165) is 36.4 Å². The predicted octanol–water partition coefficient (Wildman–Crippen LogP) is 4.10. The SMILES string of the molecule is C/C(=C\C=C(/C)S(=O)(=O)CCOS(=O)(=O)O)Nc1nc(Cl)nc(Nc2cc(S(=O)(=O)O)cc3cc(S(=O)(=O)O)c(/N=N/c4cc([N+](=O)[O-])ccc4O)c(O)c23)n1. The van der Waals surface area contributed by atoms with Crippen LogP contribution in [0.3, 0.4) is 0 Å². The maximum absolute atomic E-state index is 12.4. The number of halogens is 1. The Morgan fingerprint density at radius 2 is 1.57 bits per heavy atom. The molecule has 7 N–H and O–H groups in total. The van der Waals surface area contributed by atoms with Crippen molar-refractivity contribution < 1.29 is 66.6 Å². The number of non-ortho nitro benzene ring substituents is 1. The highest BCUT2D eigenvalue weighted by Crippen LogP contribution is 2.46. The van der Waals surface area contributed by atoms with E-state index in [1.165, 1.54) is 19.9 Å². The lowest BCUT2D eigenvalue weighted by molar-refractivity contribution is -0.384. The Morgan fingerprint density at radius 1 is 0.911 bits per heavy atom. The van der Waals surface area contributed by atoms with Gasteiger partial charge in [-0.25, -0.2) is 12.6 Å². The van der Waals surface area contributed by atoms with Crippen molar-refractivity contribution in [3.8, 4) is 11.5 Å². The zero-order chi connectivity index (χ0) is 42.0. The van der Waals surface area contributed by atoms with Gasteiger partial charge in [-0.1, -0.05) is 0 Å². The van der Waals surface area contributed by atoms with E-state index in [2.05, 4.69) is 40.0 Å². The number of aromatic nitrogens is 3. The molecule has 56 heavy (non-hydrogen) atoms. The average Bonchev–Trinajstić information content (AvgIpc) is 3.05. The first kappa shape index (κ1) is 43.3. The second kappa shape index (κ2) is 16.3. The molecule has 0 saturated carbocycles. The third kappa shape index (κ3) is 11.1. The molecule has 300 valence electrons. The highest BCUT2D eigenvalue weighted by atomic mass is 35.5. The van der Waals surface area contributed by atoms with Crippen LogP contribution in [-0.4, -0.2) is 89.8 Å². The second-order valence-corrected chi connectivity index (χ2v) is 17.4. The van der Waals surface area contributed by atoms with Crippen LogP contribution in [0.25, 0.3) is 10.8 Å². The molecule has 0 aliphatic rings. The second-order valence-electron chi connectivity index (χ2n) is 10.9. The normalized spacial score (nSPS) is 13.3. The minimum Gasteiger partial charge on any atom is -0.506 e. The smallest absolute Gasteiger partial charge is 0.397 e. The number of aromatic hydroxyl groups is 2. The summed E-state index contributed by atoms with van der Waals surface area (Å²) in [6.07, 6.45) is 2.37. The number of nitrogens with zero attached hydrogens (tertiary/aromatic N) is 6. The van der Waals surface area contributed by atoms with Gasteiger partial charge in [-0.3, -0.25) is 23.8 Å². The van der Waals surface area contributed by atoms with E-state index in [1.54, 1.807) is 0 Å².